The van der Waals surface area contributed by atoms with Crippen molar-refractivity contribution in [3.05, 3.63) is 71.4 Å². The first-order valence-electron chi connectivity index (χ1n) is 9.00. The zero-order valence-corrected chi connectivity index (χ0v) is 17.0. The molecule has 0 aliphatic carbocycles. The smallest absolute Gasteiger partial charge is 0.212 e. The van der Waals surface area contributed by atoms with Crippen molar-refractivity contribution in [3.63, 3.8) is 0 Å². The summed E-state index contributed by atoms with van der Waals surface area (Å²) in [6.07, 6.45) is 2.41. The number of pyridine rings is 1. The van der Waals surface area contributed by atoms with Gasteiger partial charge in [0.25, 0.3) is 0 Å². The maximum absolute atomic E-state index is 11.0. The van der Waals surface area contributed by atoms with Gasteiger partial charge in [-0.15, -0.1) is 0 Å². The summed E-state index contributed by atoms with van der Waals surface area (Å²) in [5.74, 6) is -0.354. The average molecular weight is 413 g/mol. The third-order valence-corrected chi connectivity index (χ3v) is 6.70. The van der Waals surface area contributed by atoms with Gasteiger partial charge < -0.3 is 9.45 Å². The largest absolute Gasteiger partial charge is 0.748 e. The fraction of sp³-hybridized carbons (Fsp3) is 0.190. The van der Waals surface area contributed by atoms with Gasteiger partial charge in [-0.2, -0.15) is 4.57 Å². The van der Waals surface area contributed by atoms with Crippen LogP contribution in [-0.2, 0) is 17.2 Å². The molecule has 0 fully saturated rings. The first kappa shape index (κ1) is 19.0. The number of nitrogens with zero attached hydrogens (tertiary/aromatic N) is 2. The van der Waals surface area contributed by atoms with Crippen LogP contribution in [0.2, 0.25) is 0 Å². The van der Waals surface area contributed by atoms with Crippen LogP contribution in [0.1, 0.15) is 12.1 Å². The highest BCUT2D eigenvalue weighted by molar-refractivity contribution is 8.03. The van der Waals surface area contributed by atoms with Crippen LogP contribution < -0.4 is 9.47 Å². The van der Waals surface area contributed by atoms with Crippen LogP contribution in [0, 0.1) is 0 Å². The number of aromatic nitrogens is 1. The minimum Gasteiger partial charge on any atom is -0.748 e. The number of aryl methyl sites for hydroxylation is 1. The highest BCUT2D eigenvalue weighted by Crippen LogP contribution is 2.46. The van der Waals surface area contributed by atoms with E-state index in [0.29, 0.717) is 13.0 Å². The lowest BCUT2D eigenvalue weighted by Crippen LogP contribution is -2.33. The van der Waals surface area contributed by atoms with E-state index in [-0.39, 0.29) is 5.75 Å². The number of benzene rings is 2. The number of para-hydroxylation sites is 2. The molecule has 0 atom stereocenters. The second-order valence-electron chi connectivity index (χ2n) is 6.70. The van der Waals surface area contributed by atoms with Gasteiger partial charge in [-0.05, 0) is 30.7 Å². The van der Waals surface area contributed by atoms with E-state index in [1.54, 1.807) is 11.8 Å². The summed E-state index contributed by atoms with van der Waals surface area (Å²) in [5, 5.41) is 2.20. The van der Waals surface area contributed by atoms with Crippen molar-refractivity contribution in [3.8, 4) is 0 Å². The number of hydrogen-bond acceptors (Lipinski definition) is 5. The number of hydrogen-bond donors (Lipinski definition) is 0. The Kier molecular flexibility index (Phi) is 5.14. The van der Waals surface area contributed by atoms with Crippen molar-refractivity contribution in [1.29, 1.82) is 0 Å². The van der Waals surface area contributed by atoms with Gasteiger partial charge in [-0.25, -0.2) is 8.42 Å². The quantitative estimate of drug-likeness (QED) is 0.474. The second-order valence-corrected chi connectivity index (χ2v) is 9.28. The second kappa shape index (κ2) is 7.58. The van der Waals surface area contributed by atoms with Crippen LogP contribution in [0.25, 0.3) is 17.0 Å². The third kappa shape index (κ3) is 3.92. The zero-order valence-electron chi connectivity index (χ0n) is 15.4. The monoisotopic (exact) mass is 412 g/mol. The van der Waals surface area contributed by atoms with Crippen LogP contribution >= 0.6 is 11.8 Å². The molecule has 7 heteroatoms. The minimum absolute atomic E-state index is 0.294. The fourth-order valence-electron chi connectivity index (χ4n) is 3.42. The molecule has 0 amide bonds. The molecule has 2 heterocycles. The van der Waals surface area contributed by atoms with Crippen LogP contribution in [0.3, 0.4) is 0 Å². The lowest BCUT2D eigenvalue weighted by Gasteiger charge is -2.20. The Bertz CT molecular complexity index is 1170. The van der Waals surface area contributed by atoms with Crippen molar-refractivity contribution in [2.45, 2.75) is 11.3 Å². The van der Waals surface area contributed by atoms with Crippen LogP contribution in [0.5, 0.6) is 0 Å². The van der Waals surface area contributed by atoms with E-state index in [1.807, 2.05) is 37.4 Å². The van der Waals surface area contributed by atoms with Gasteiger partial charge in [0, 0.05) is 40.8 Å². The van der Waals surface area contributed by atoms with E-state index < -0.39 is 10.1 Å². The molecule has 0 unspecified atom stereocenters. The lowest BCUT2D eigenvalue weighted by molar-refractivity contribution is -0.646. The standard InChI is InChI=1S/C21H20N2O3S2/c1-22-17(12-11-16-7-2-3-8-18(16)22)15-21-23(13-6-14-28(24,25)26)19-9-4-5-10-20(19)27-21/h2-5,7-12,15H,6,13-14H2,1H3. The maximum Gasteiger partial charge on any atom is 0.212 e. The molecule has 4 rings (SSSR count). The van der Waals surface area contributed by atoms with Gasteiger partial charge in [0.15, 0.2) is 0 Å². The Hall–Kier alpha value is -2.35. The molecular formula is C21H20N2O3S2. The van der Waals surface area contributed by atoms with Gasteiger partial charge in [0.2, 0.25) is 11.2 Å². The van der Waals surface area contributed by atoms with Crippen molar-refractivity contribution >= 4 is 44.5 Å². The molecule has 0 saturated heterocycles. The van der Waals surface area contributed by atoms with E-state index >= 15 is 0 Å². The Labute approximate surface area is 169 Å². The third-order valence-electron chi connectivity index (χ3n) is 4.80. The molecule has 28 heavy (non-hydrogen) atoms. The average Bonchev–Trinajstić information content (AvgIpc) is 3.01. The Morgan fingerprint density at radius 2 is 1.82 bits per heavy atom. The van der Waals surface area contributed by atoms with Crippen molar-refractivity contribution in [1.82, 2.24) is 0 Å². The first-order valence-corrected chi connectivity index (χ1v) is 11.4. The van der Waals surface area contributed by atoms with Gasteiger partial charge in [0.1, 0.15) is 7.05 Å². The van der Waals surface area contributed by atoms with E-state index in [2.05, 4.69) is 45.9 Å². The van der Waals surface area contributed by atoms with Crippen LogP contribution in [0.15, 0.2) is 70.6 Å². The number of rotatable bonds is 5. The zero-order chi connectivity index (χ0) is 19.7. The molecular weight excluding hydrogens is 392 g/mol. The van der Waals surface area contributed by atoms with E-state index in [0.717, 1.165) is 26.8 Å². The van der Waals surface area contributed by atoms with Gasteiger partial charge in [-0.1, -0.05) is 36.0 Å². The summed E-state index contributed by atoms with van der Waals surface area (Å²) in [4.78, 5) is 3.22. The summed E-state index contributed by atoms with van der Waals surface area (Å²) in [5.41, 5.74) is 3.24. The van der Waals surface area contributed by atoms with Crippen molar-refractivity contribution in [2.24, 2.45) is 7.05 Å². The van der Waals surface area contributed by atoms with E-state index in [9.17, 15) is 13.0 Å². The highest BCUT2D eigenvalue weighted by atomic mass is 32.2. The van der Waals surface area contributed by atoms with Gasteiger partial charge in [0.05, 0.1) is 20.8 Å². The molecule has 2 aromatic carbocycles. The Balaban J connectivity index is 1.70. The SMILES string of the molecule is C[n+]1c(/C=C2\Sc3ccccc3N2CCCS(=O)(=O)[O-])ccc2ccccc21. The number of fused-ring (bicyclic) bond motifs is 2. The van der Waals surface area contributed by atoms with E-state index in [1.165, 1.54) is 5.39 Å². The first-order chi connectivity index (χ1) is 13.4. The number of thioether (sulfide) groups is 1. The van der Waals surface area contributed by atoms with Crippen molar-refractivity contribution < 1.29 is 17.5 Å². The summed E-state index contributed by atoms with van der Waals surface area (Å²) < 4.78 is 35.1. The minimum atomic E-state index is -4.21. The number of anilines is 1. The summed E-state index contributed by atoms with van der Waals surface area (Å²) in [6, 6.07) is 20.4. The van der Waals surface area contributed by atoms with Crippen LogP contribution in [-0.4, -0.2) is 25.3 Å². The molecule has 144 valence electrons. The van der Waals surface area contributed by atoms with E-state index in [4.69, 9.17) is 0 Å². The van der Waals surface area contributed by atoms with Gasteiger partial charge >= 0.3 is 0 Å². The molecule has 3 aromatic rings. The molecule has 1 aliphatic rings. The molecule has 0 radical (unpaired) electrons. The summed E-state index contributed by atoms with van der Waals surface area (Å²) in [7, 11) is -2.17. The topological polar surface area (TPSA) is 64.3 Å². The molecule has 5 nitrogen and oxygen atoms in total. The predicted molar refractivity (Wildman–Crippen MR) is 112 cm³/mol. The molecule has 0 N–H and O–H groups in total. The summed E-state index contributed by atoms with van der Waals surface area (Å²) in [6.45, 7) is 0.481. The molecule has 0 spiro atoms. The highest BCUT2D eigenvalue weighted by Gasteiger charge is 2.25. The normalized spacial score (nSPS) is 15.4. The lowest BCUT2D eigenvalue weighted by atomic mass is 10.2. The summed E-state index contributed by atoms with van der Waals surface area (Å²) >= 11 is 1.66. The Morgan fingerprint density at radius 3 is 2.64 bits per heavy atom. The Morgan fingerprint density at radius 1 is 1.07 bits per heavy atom. The molecule has 0 bridgehead atoms. The van der Waals surface area contributed by atoms with Crippen molar-refractivity contribution in [2.75, 3.05) is 17.2 Å². The fourth-order valence-corrected chi connectivity index (χ4v) is 5.04. The van der Waals surface area contributed by atoms with Crippen LogP contribution in [0.4, 0.5) is 5.69 Å². The van der Waals surface area contributed by atoms with Gasteiger partial charge in [-0.3, -0.25) is 0 Å². The molecule has 1 aliphatic heterocycles. The predicted octanol–water partition coefficient (Wildman–Crippen LogP) is 3.51. The molecule has 1 aromatic heterocycles. The molecule has 0 saturated carbocycles. The maximum atomic E-state index is 11.0.